The topological polar surface area (TPSA) is 9.23 Å². The number of hydrogen-bond donors (Lipinski definition) is 0. The maximum absolute atomic E-state index is 5.03. The van der Waals surface area contributed by atoms with Crippen LogP contribution in [0, 0.1) is 0 Å². The Hall–Kier alpha value is 0.440. The summed E-state index contributed by atoms with van der Waals surface area (Å²) < 4.78 is 5.03. The zero-order valence-corrected chi connectivity index (χ0v) is 5.07. The molecule has 6 heavy (non-hydrogen) atoms. The van der Waals surface area contributed by atoms with Crippen molar-refractivity contribution in [2.45, 2.75) is 12.5 Å². The molecule has 1 atom stereocenters. The molecule has 0 aromatic rings. The fourth-order valence-electron chi connectivity index (χ4n) is 0.406. The van der Waals surface area contributed by atoms with Crippen LogP contribution >= 0.6 is 15.9 Å². The lowest BCUT2D eigenvalue weighted by Crippen LogP contribution is -2.27. The highest BCUT2D eigenvalue weighted by Crippen LogP contribution is 2.11. The third-order valence-electron chi connectivity index (χ3n) is 0.965. The van der Waals surface area contributed by atoms with Gasteiger partial charge in [-0.2, -0.15) is 0 Å². The molecule has 0 N–H and O–H groups in total. The second kappa shape index (κ2) is 1.94. The van der Waals surface area contributed by atoms with Crippen LogP contribution in [0.2, 0.25) is 0 Å². The molecule has 0 amide bonds. The average Bonchev–Trinajstić information content (AvgIpc) is 1.31. The Kier molecular flexibility index (Phi) is 1.48. The van der Waals surface area contributed by atoms with Crippen molar-refractivity contribution in [3.8, 4) is 0 Å². The molecule has 0 aliphatic carbocycles. The second-order valence-electron chi connectivity index (χ2n) is 1.44. The zero-order chi connectivity index (χ0) is 4.41. The van der Waals surface area contributed by atoms with Gasteiger partial charge in [0, 0.05) is 11.9 Å². The Morgan fingerprint density at radius 2 is 2.50 bits per heavy atom. The zero-order valence-electron chi connectivity index (χ0n) is 3.48. The largest absolute Gasteiger partial charge is 0.377 e. The first kappa shape index (κ1) is 4.60. The summed E-state index contributed by atoms with van der Waals surface area (Å²) in [6.07, 6.45) is 1.77. The minimum Gasteiger partial charge on any atom is -0.377 e. The van der Waals surface area contributed by atoms with Crippen LogP contribution in [0.25, 0.3) is 0 Å². The van der Waals surface area contributed by atoms with Gasteiger partial charge in [-0.1, -0.05) is 15.9 Å². The summed E-state index contributed by atoms with van der Waals surface area (Å²) in [7, 11) is 0. The monoisotopic (exact) mass is 150 g/mol. The molecule has 1 aliphatic rings. The van der Waals surface area contributed by atoms with Crippen LogP contribution in [0.5, 0.6) is 0 Å². The smallest absolute Gasteiger partial charge is 0.0693 e. The van der Waals surface area contributed by atoms with E-state index in [9.17, 15) is 0 Å². The molecular formula is C4H7BrO. The minimum absolute atomic E-state index is 0.532. The van der Waals surface area contributed by atoms with Gasteiger partial charge in [-0.15, -0.1) is 0 Å². The van der Waals surface area contributed by atoms with Gasteiger partial charge in [-0.05, 0) is 6.42 Å². The van der Waals surface area contributed by atoms with E-state index in [0.717, 1.165) is 11.9 Å². The Bertz CT molecular complexity index is 40.1. The maximum Gasteiger partial charge on any atom is 0.0693 e. The molecule has 1 fully saturated rings. The van der Waals surface area contributed by atoms with Gasteiger partial charge >= 0.3 is 0 Å². The van der Waals surface area contributed by atoms with Crippen LogP contribution in [0.3, 0.4) is 0 Å². The van der Waals surface area contributed by atoms with E-state index < -0.39 is 0 Å². The van der Waals surface area contributed by atoms with E-state index in [-0.39, 0.29) is 0 Å². The van der Waals surface area contributed by atoms with Crippen molar-refractivity contribution >= 4 is 15.9 Å². The lowest BCUT2D eigenvalue weighted by Gasteiger charge is -2.23. The summed E-state index contributed by atoms with van der Waals surface area (Å²) in [6, 6.07) is 0. The number of alkyl halides is 1. The first-order valence-electron chi connectivity index (χ1n) is 2.11. The van der Waals surface area contributed by atoms with Crippen LogP contribution < -0.4 is 0 Å². The molecule has 0 radical (unpaired) electrons. The van der Waals surface area contributed by atoms with Gasteiger partial charge in [-0.25, -0.2) is 0 Å². The van der Waals surface area contributed by atoms with E-state index in [1.807, 2.05) is 0 Å². The highest BCUT2D eigenvalue weighted by Gasteiger charge is 2.14. The summed E-state index contributed by atoms with van der Waals surface area (Å²) in [5, 5.41) is 1.01. The molecule has 0 aromatic heterocycles. The van der Waals surface area contributed by atoms with Crippen LogP contribution in [-0.4, -0.2) is 18.0 Å². The summed E-state index contributed by atoms with van der Waals surface area (Å²) in [5.74, 6) is 0. The molecule has 1 heterocycles. The maximum atomic E-state index is 5.03. The van der Waals surface area contributed by atoms with Gasteiger partial charge in [0.05, 0.1) is 6.10 Å². The lowest BCUT2D eigenvalue weighted by molar-refractivity contribution is -0.0335. The minimum atomic E-state index is 0.532. The van der Waals surface area contributed by atoms with Crippen LogP contribution in [-0.2, 0) is 4.74 Å². The number of ether oxygens (including phenoxy) is 1. The van der Waals surface area contributed by atoms with E-state index in [1.54, 1.807) is 0 Å². The predicted octanol–water partition coefficient (Wildman–Crippen LogP) is 1.17. The van der Waals surface area contributed by atoms with E-state index in [1.165, 1.54) is 6.42 Å². The third-order valence-corrected chi connectivity index (χ3v) is 1.69. The van der Waals surface area contributed by atoms with Gasteiger partial charge in [0.2, 0.25) is 0 Å². The first-order chi connectivity index (χ1) is 2.93. The Labute approximate surface area is 45.8 Å². The van der Waals surface area contributed by atoms with Crippen molar-refractivity contribution in [1.29, 1.82) is 0 Å². The van der Waals surface area contributed by atoms with Gasteiger partial charge in [0.25, 0.3) is 0 Å². The van der Waals surface area contributed by atoms with E-state index in [4.69, 9.17) is 4.74 Å². The van der Waals surface area contributed by atoms with Crippen molar-refractivity contribution < 1.29 is 4.74 Å². The summed E-state index contributed by atoms with van der Waals surface area (Å²) >= 11 is 3.30. The van der Waals surface area contributed by atoms with Crippen LogP contribution in [0.1, 0.15) is 6.42 Å². The summed E-state index contributed by atoms with van der Waals surface area (Å²) in [6.45, 7) is 0.969. The fourth-order valence-corrected chi connectivity index (χ4v) is 0.917. The predicted molar refractivity (Wildman–Crippen MR) is 28.2 cm³/mol. The molecule has 0 bridgehead atoms. The molecular weight excluding hydrogens is 144 g/mol. The van der Waals surface area contributed by atoms with Gasteiger partial charge < -0.3 is 4.74 Å². The van der Waals surface area contributed by atoms with Crippen molar-refractivity contribution in [3.05, 3.63) is 0 Å². The Morgan fingerprint density at radius 1 is 1.83 bits per heavy atom. The number of rotatable bonds is 1. The molecule has 2 heteroatoms. The van der Waals surface area contributed by atoms with Gasteiger partial charge in [0.15, 0.2) is 0 Å². The molecule has 1 saturated heterocycles. The molecule has 1 rings (SSSR count). The summed E-state index contributed by atoms with van der Waals surface area (Å²) in [4.78, 5) is 0. The second-order valence-corrected chi connectivity index (χ2v) is 2.08. The van der Waals surface area contributed by atoms with Gasteiger partial charge in [-0.3, -0.25) is 0 Å². The Morgan fingerprint density at radius 3 is 2.50 bits per heavy atom. The van der Waals surface area contributed by atoms with Crippen molar-refractivity contribution in [2.24, 2.45) is 0 Å². The molecule has 0 aromatic carbocycles. The lowest BCUT2D eigenvalue weighted by atomic mass is 10.2. The van der Waals surface area contributed by atoms with E-state index >= 15 is 0 Å². The third kappa shape index (κ3) is 0.738. The standard InChI is InChI=1S/C4H7BrO/c5-3-4-1-2-6-4/h4H,1-3H2/t4-/m1/s1. The number of hydrogen-bond acceptors (Lipinski definition) is 1. The number of halogens is 1. The van der Waals surface area contributed by atoms with Crippen LogP contribution in [0.15, 0.2) is 0 Å². The molecule has 0 unspecified atom stereocenters. The van der Waals surface area contributed by atoms with Gasteiger partial charge in [0.1, 0.15) is 0 Å². The molecule has 1 nitrogen and oxygen atoms in total. The van der Waals surface area contributed by atoms with Crippen molar-refractivity contribution in [3.63, 3.8) is 0 Å². The SMILES string of the molecule is BrC[C@H]1CCO1. The molecule has 1 aliphatic heterocycles. The normalized spacial score (nSPS) is 32.5. The molecule has 36 valence electrons. The fraction of sp³-hybridized carbons (Fsp3) is 1.00. The van der Waals surface area contributed by atoms with Crippen LogP contribution in [0.4, 0.5) is 0 Å². The van der Waals surface area contributed by atoms with Crippen molar-refractivity contribution in [1.82, 2.24) is 0 Å². The van der Waals surface area contributed by atoms with E-state index in [0.29, 0.717) is 6.10 Å². The quantitative estimate of drug-likeness (QED) is 0.511. The molecule has 0 spiro atoms. The first-order valence-corrected chi connectivity index (χ1v) is 3.23. The summed E-state index contributed by atoms with van der Waals surface area (Å²) in [5.41, 5.74) is 0. The van der Waals surface area contributed by atoms with Crippen molar-refractivity contribution in [2.75, 3.05) is 11.9 Å². The highest BCUT2D eigenvalue weighted by atomic mass is 79.9. The average molecular weight is 151 g/mol. The Balaban J connectivity index is 2.01. The molecule has 0 saturated carbocycles. The highest BCUT2D eigenvalue weighted by molar-refractivity contribution is 9.09. The van der Waals surface area contributed by atoms with E-state index in [2.05, 4.69) is 15.9 Å².